The van der Waals surface area contributed by atoms with Gasteiger partial charge in [-0.1, -0.05) is 24.3 Å². The number of rotatable bonds is 5. The first-order valence-corrected chi connectivity index (χ1v) is 9.43. The fourth-order valence-corrected chi connectivity index (χ4v) is 4.48. The van der Waals surface area contributed by atoms with Crippen LogP contribution in [0.5, 0.6) is 5.75 Å². The number of benzene rings is 2. The molecule has 1 saturated heterocycles. The number of ether oxygens (including phenoxy) is 1. The zero-order chi connectivity index (χ0) is 17.0. The SMILES string of the molecule is O=S(=O)(c1cccc(F)c1)N1CCCC(COc2ccccc2)C1. The maximum atomic E-state index is 13.3. The number of hydrogen-bond acceptors (Lipinski definition) is 3. The third kappa shape index (κ3) is 3.94. The molecule has 0 aliphatic carbocycles. The topological polar surface area (TPSA) is 46.6 Å². The Balaban J connectivity index is 1.66. The summed E-state index contributed by atoms with van der Waals surface area (Å²) in [6.07, 6.45) is 1.69. The fraction of sp³-hybridized carbons (Fsp3) is 0.333. The van der Waals surface area contributed by atoms with Crippen molar-refractivity contribution in [3.8, 4) is 5.75 Å². The Morgan fingerprint density at radius 3 is 2.67 bits per heavy atom. The van der Waals surface area contributed by atoms with E-state index >= 15 is 0 Å². The quantitative estimate of drug-likeness (QED) is 0.832. The molecule has 0 saturated carbocycles. The van der Waals surface area contributed by atoms with Gasteiger partial charge in [0, 0.05) is 19.0 Å². The van der Waals surface area contributed by atoms with Crippen LogP contribution in [0.4, 0.5) is 4.39 Å². The van der Waals surface area contributed by atoms with Gasteiger partial charge in [0.2, 0.25) is 10.0 Å². The lowest BCUT2D eigenvalue weighted by atomic mass is 10.0. The largest absolute Gasteiger partial charge is 0.493 e. The molecule has 0 aromatic heterocycles. The van der Waals surface area contributed by atoms with Crippen LogP contribution in [0.2, 0.25) is 0 Å². The summed E-state index contributed by atoms with van der Waals surface area (Å²) in [5.74, 6) is 0.363. The van der Waals surface area contributed by atoms with Gasteiger partial charge in [0.15, 0.2) is 0 Å². The Hall–Kier alpha value is -1.92. The predicted octanol–water partition coefficient (Wildman–Crippen LogP) is 3.31. The maximum Gasteiger partial charge on any atom is 0.243 e. The highest BCUT2D eigenvalue weighted by Gasteiger charge is 2.30. The molecule has 0 spiro atoms. The molecule has 2 aromatic carbocycles. The minimum Gasteiger partial charge on any atom is -0.493 e. The molecule has 1 atom stereocenters. The summed E-state index contributed by atoms with van der Waals surface area (Å²) in [7, 11) is -3.66. The number of nitrogens with zero attached hydrogens (tertiary/aromatic N) is 1. The normalized spacial score (nSPS) is 19.1. The van der Waals surface area contributed by atoms with Gasteiger partial charge in [-0.25, -0.2) is 12.8 Å². The number of para-hydroxylation sites is 1. The van der Waals surface area contributed by atoms with Crippen molar-refractivity contribution in [2.45, 2.75) is 17.7 Å². The predicted molar refractivity (Wildman–Crippen MR) is 89.8 cm³/mol. The van der Waals surface area contributed by atoms with E-state index in [4.69, 9.17) is 4.74 Å². The molecule has 1 aliphatic heterocycles. The minimum absolute atomic E-state index is 0.00660. The molecule has 0 N–H and O–H groups in total. The van der Waals surface area contributed by atoms with E-state index in [-0.39, 0.29) is 10.8 Å². The number of piperidine rings is 1. The summed E-state index contributed by atoms with van der Waals surface area (Å²) in [6.45, 7) is 1.32. The molecule has 24 heavy (non-hydrogen) atoms. The maximum absolute atomic E-state index is 13.3. The lowest BCUT2D eigenvalue weighted by molar-refractivity contribution is 0.180. The van der Waals surface area contributed by atoms with Gasteiger partial charge in [-0.2, -0.15) is 4.31 Å². The number of sulfonamides is 1. The first-order valence-electron chi connectivity index (χ1n) is 7.99. The first-order chi connectivity index (χ1) is 11.6. The molecule has 0 radical (unpaired) electrons. The molecular formula is C18H20FNO3S. The van der Waals surface area contributed by atoms with E-state index in [9.17, 15) is 12.8 Å². The Morgan fingerprint density at radius 1 is 1.12 bits per heavy atom. The van der Waals surface area contributed by atoms with Gasteiger partial charge in [0.05, 0.1) is 11.5 Å². The van der Waals surface area contributed by atoms with E-state index in [0.29, 0.717) is 19.7 Å². The minimum atomic E-state index is -3.66. The van der Waals surface area contributed by atoms with Gasteiger partial charge >= 0.3 is 0 Å². The van der Waals surface area contributed by atoms with Crippen molar-refractivity contribution in [3.05, 3.63) is 60.4 Å². The smallest absolute Gasteiger partial charge is 0.243 e. The van der Waals surface area contributed by atoms with Crippen LogP contribution < -0.4 is 4.74 Å². The highest BCUT2D eigenvalue weighted by molar-refractivity contribution is 7.89. The molecule has 1 aliphatic rings. The van der Waals surface area contributed by atoms with Gasteiger partial charge in [-0.05, 0) is 43.2 Å². The first kappa shape index (κ1) is 16.9. The summed E-state index contributed by atoms with van der Waals surface area (Å²) < 4.78 is 45.9. The molecule has 1 fully saturated rings. The summed E-state index contributed by atoms with van der Waals surface area (Å²) in [4.78, 5) is 0.00660. The Bertz CT molecular complexity index is 780. The highest BCUT2D eigenvalue weighted by atomic mass is 32.2. The van der Waals surface area contributed by atoms with E-state index in [1.807, 2.05) is 30.3 Å². The van der Waals surface area contributed by atoms with Crippen molar-refractivity contribution in [3.63, 3.8) is 0 Å². The third-order valence-corrected chi connectivity index (χ3v) is 6.01. The van der Waals surface area contributed by atoms with Crippen LogP contribution in [0.1, 0.15) is 12.8 Å². The standard InChI is InChI=1S/C18H20FNO3S/c19-16-7-4-10-18(12-16)24(21,22)20-11-5-6-15(13-20)14-23-17-8-2-1-3-9-17/h1-4,7-10,12,15H,5-6,11,13-14H2. The summed E-state index contributed by atoms with van der Waals surface area (Å²) in [5, 5.41) is 0. The molecule has 2 aromatic rings. The summed E-state index contributed by atoms with van der Waals surface area (Å²) in [6, 6.07) is 14.6. The summed E-state index contributed by atoms with van der Waals surface area (Å²) >= 11 is 0. The van der Waals surface area contributed by atoms with Crippen LogP contribution in [-0.4, -0.2) is 32.4 Å². The van der Waals surface area contributed by atoms with Crippen molar-refractivity contribution in [1.82, 2.24) is 4.31 Å². The summed E-state index contributed by atoms with van der Waals surface area (Å²) in [5.41, 5.74) is 0. The van der Waals surface area contributed by atoms with Crippen LogP contribution in [-0.2, 0) is 10.0 Å². The number of hydrogen-bond donors (Lipinski definition) is 0. The van der Waals surface area contributed by atoms with Crippen molar-refractivity contribution in [2.24, 2.45) is 5.92 Å². The molecule has 0 bridgehead atoms. The third-order valence-electron chi connectivity index (χ3n) is 4.14. The van der Waals surface area contributed by atoms with Crippen molar-refractivity contribution in [1.29, 1.82) is 0 Å². The molecular weight excluding hydrogens is 329 g/mol. The second kappa shape index (κ2) is 7.32. The Morgan fingerprint density at radius 2 is 1.92 bits per heavy atom. The monoisotopic (exact) mass is 349 g/mol. The average Bonchev–Trinajstić information content (AvgIpc) is 2.61. The van der Waals surface area contributed by atoms with E-state index in [1.54, 1.807) is 0 Å². The second-order valence-corrected chi connectivity index (χ2v) is 7.89. The molecule has 1 unspecified atom stereocenters. The van der Waals surface area contributed by atoms with Gasteiger partial charge in [-0.15, -0.1) is 0 Å². The zero-order valence-electron chi connectivity index (χ0n) is 13.3. The van der Waals surface area contributed by atoms with Crippen LogP contribution >= 0.6 is 0 Å². The Kier molecular flexibility index (Phi) is 5.16. The lowest BCUT2D eigenvalue weighted by Gasteiger charge is -2.31. The van der Waals surface area contributed by atoms with E-state index < -0.39 is 15.8 Å². The molecule has 0 amide bonds. The lowest BCUT2D eigenvalue weighted by Crippen LogP contribution is -2.41. The van der Waals surface area contributed by atoms with Crippen molar-refractivity contribution >= 4 is 10.0 Å². The zero-order valence-corrected chi connectivity index (χ0v) is 14.1. The molecule has 4 nitrogen and oxygen atoms in total. The Labute approximate surface area is 141 Å². The van der Waals surface area contributed by atoms with Crippen LogP contribution in [0.25, 0.3) is 0 Å². The van der Waals surface area contributed by atoms with Crippen molar-refractivity contribution < 1.29 is 17.5 Å². The molecule has 6 heteroatoms. The van der Waals surface area contributed by atoms with Gasteiger partial charge in [0.1, 0.15) is 11.6 Å². The van der Waals surface area contributed by atoms with Crippen molar-refractivity contribution in [2.75, 3.05) is 19.7 Å². The van der Waals surface area contributed by atoms with Crippen LogP contribution in [0.15, 0.2) is 59.5 Å². The second-order valence-electron chi connectivity index (χ2n) is 5.95. The van der Waals surface area contributed by atoms with Gasteiger partial charge in [-0.3, -0.25) is 0 Å². The van der Waals surface area contributed by atoms with Crippen LogP contribution in [0, 0.1) is 11.7 Å². The average molecular weight is 349 g/mol. The highest BCUT2D eigenvalue weighted by Crippen LogP contribution is 2.25. The molecule has 1 heterocycles. The van der Waals surface area contributed by atoms with E-state index in [2.05, 4.69) is 0 Å². The van der Waals surface area contributed by atoms with E-state index in [0.717, 1.165) is 24.7 Å². The van der Waals surface area contributed by atoms with E-state index in [1.165, 1.54) is 22.5 Å². The number of halogens is 1. The van der Waals surface area contributed by atoms with Gasteiger partial charge in [0.25, 0.3) is 0 Å². The fourth-order valence-electron chi connectivity index (χ4n) is 2.89. The molecule has 3 rings (SSSR count). The van der Waals surface area contributed by atoms with Crippen LogP contribution in [0.3, 0.4) is 0 Å². The van der Waals surface area contributed by atoms with Gasteiger partial charge < -0.3 is 4.74 Å². The molecule has 128 valence electrons.